The molecule has 0 aromatic heterocycles. The molecule has 2 rings (SSSR count). The second kappa shape index (κ2) is 6.35. The maximum absolute atomic E-state index is 11.9. The summed E-state index contributed by atoms with van der Waals surface area (Å²) in [5.41, 5.74) is 0.500. The largest absolute Gasteiger partial charge is 0.458 e. The lowest BCUT2D eigenvalue weighted by Crippen LogP contribution is -2.47. The number of carbonyl (C=O) groups is 1. The molecule has 0 aromatic carbocycles. The van der Waals surface area contributed by atoms with Crippen LogP contribution in [0, 0.1) is 29.6 Å². The summed E-state index contributed by atoms with van der Waals surface area (Å²) in [6, 6.07) is 0. The minimum absolute atomic E-state index is 0.0841. The Balaban J connectivity index is 2.22. The van der Waals surface area contributed by atoms with Crippen LogP contribution in [-0.2, 0) is 9.53 Å². The molecule has 0 saturated heterocycles. The minimum atomic E-state index is -0.652. The van der Waals surface area contributed by atoms with Gasteiger partial charge in [0.2, 0.25) is 0 Å². The maximum Gasteiger partial charge on any atom is 0.308 e. The summed E-state index contributed by atoms with van der Waals surface area (Å²) in [4.78, 5) is 11.9. The van der Waals surface area contributed by atoms with Gasteiger partial charge in [-0.1, -0.05) is 33.3 Å². The Labute approximate surface area is 135 Å². The van der Waals surface area contributed by atoms with Gasteiger partial charge in [-0.25, -0.2) is 0 Å². The fourth-order valence-electron chi connectivity index (χ4n) is 4.24. The van der Waals surface area contributed by atoms with Gasteiger partial charge in [0.15, 0.2) is 0 Å². The van der Waals surface area contributed by atoms with Gasteiger partial charge in [0.05, 0.1) is 11.5 Å². The zero-order valence-electron chi connectivity index (χ0n) is 14.9. The zero-order valence-corrected chi connectivity index (χ0v) is 14.9. The molecule has 22 heavy (non-hydrogen) atoms. The number of hydrogen-bond donors (Lipinski definition) is 1. The van der Waals surface area contributed by atoms with Crippen molar-refractivity contribution >= 4 is 5.97 Å². The molecule has 0 radical (unpaired) electrons. The molecule has 1 saturated carbocycles. The van der Waals surface area contributed by atoms with Crippen molar-refractivity contribution in [3.63, 3.8) is 0 Å². The molecule has 3 nitrogen and oxygen atoms in total. The van der Waals surface area contributed by atoms with Crippen molar-refractivity contribution in [2.75, 3.05) is 0 Å². The van der Waals surface area contributed by atoms with Crippen molar-refractivity contribution < 1.29 is 14.6 Å². The smallest absolute Gasteiger partial charge is 0.308 e. The molecule has 0 bridgehead atoms. The normalized spacial score (nSPS) is 35.8. The molecule has 2 aliphatic rings. The molecule has 126 valence electrons. The van der Waals surface area contributed by atoms with E-state index in [-0.39, 0.29) is 18.0 Å². The molecule has 5 unspecified atom stereocenters. The molecule has 0 amide bonds. The maximum atomic E-state index is 11.9. The number of carbonyl (C=O) groups excluding carboxylic acids is 1. The van der Waals surface area contributed by atoms with Crippen molar-refractivity contribution in [3.8, 4) is 0 Å². The minimum Gasteiger partial charge on any atom is -0.458 e. The second-order valence-corrected chi connectivity index (χ2v) is 8.28. The lowest BCUT2D eigenvalue weighted by Gasteiger charge is -2.49. The number of rotatable bonds is 3. The fourth-order valence-corrected chi connectivity index (χ4v) is 4.24. The molecule has 1 N–H and O–H groups in total. The molecule has 3 heteroatoms. The van der Waals surface area contributed by atoms with E-state index in [1.54, 1.807) is 0 Å². The van der Waals surface area contributed by atoms with Crippen LogP contribution in [0.2, 0.25) is 0 Å². The van der Waals surface area contributed by atoms with Crippen LogP contribution in [0.25, 0.3) is 0 Å². The van der Waals surface area contributed by atoms with E-state index in [2.05, 4.69) is 19.9 Å². The number of esters is 1. The number of ether oxygens (including phenoxy) is 1. The number of fused-ring (bicyclic) bond motifs is 1. The van der Waals surface area contributed by atoms with Gasteiger partial charge < -0.3 is 9.84 Å². The number of aliphatic hydroxyl groups is 1. The Morgan fingerprint density at radius 1 is 1.36 bits per heavy atom. The molecule has 2 aliphatic carbocycles. The Hall–Kier alpha value is -0.830. The van der Waals surface area contributed by atoms with Gasteiger partial charge in [-0.05, 0) is 62.9 Å². The first kappa shape index (κ1) is 17.5. The van der Waals surface area contributed by atoms with Crippen LogP contribution in [-0.4, -0.2) is 22.8 Å². The van der Waals surface area contributed by atoms with Crippen LogP contribution in [0.15, 0.2) is 11.6 Å². The first-order valence-electron chi connectivity index (χ1n) is 8.72. The van der Waals surface area contributed by atoms with Crippen molar-refractivity contribution in [2.24, 2.45) is 29.6 Å². The van der Waals surface area contributed by atoms with E-state index in [9.17, 15) is 9.90 Å². The average Bonchev–Trinajstić information content (AvgIpc) is 2.39. The van der Waals surface area contributed by atoms with Gasteiger partial charge in [-0.2, -0.15) is 0 Å². The third-order valence-electron chi connectivity index (χ3n) is 5.71. The average molecular weight is 308 g/mol. The van der Waals surface area contributed by atoms with Crippen molar-refractivity contribution in [1.82, 2.24) is 0 Å². The summed E-state index contributed by atoms with van der Waals surface area (Å²) < 4.78 is 5.71. The molecular formula is C19H32O3. The van der Waals surface area contributed by atoms with E-state index >= 15 is 0 Å². The summed E-state index contributed by atoms with van der Waals surface area (Å²) in [6.07, 6.45) is 5.32. The highest BCUT2D eigenvalue weighted by Gasteiger charge is 2.45. The Morgan fingerprint density at radius 2 is 2.00 bits per heavy atom. The van der Waals surface area contributed by atoms with Gasteiger partial charge in [0, 0.05) is 0 Å². The third kappa shape index (κ3) is 3.56. The highest BCUT2D eigenvalue weighted by atomic mass is 16.5. The SMILES string of the molecule is CC1=CC2C(CC1OC(=O)C(C)C)C(C)CCC2C(C)(C)O. The molecule has 0 aliphatic heterocycles. The van der Waals surface area contributed by atoms with E-state index in [4.69, 9.17) is 4.74 Å². The van der Waals surface area contributed by atoms with Crippen LogP contribution in [0.5, 0.6) is 0 Å². The third-order valence-corrected chi connectivity index (χ3v) is 5.71. The van der Waals surface area contributed by atoms with Crippen LogP contribution < -0.4 is 0 Å². The number of hydrogen-bond acceptors (Lipinski definition) is 3. The van der Waals surface area contributed by atoms with Gasteiger partial charge in [0.1, 0.15) is 6.10 Å². The standard InChI is InChI=1S/C19H32O3/c1-11(2)18(20)22-17-10-14-12(3)7-8-16(19(5,6)21)15(14)9-13(17)4/h9,11-12,14-17,21H,7-8,10H2,1-6H3. The van der Waals surface area contributed by atoms with Crippen molar-refractivity contribution in [3.05, 3.63) is 11.6 Å². The monoisotopic (exact) mass is 308 g/mol. The number of allylic oxidation sites excluding steroid dienone is 1. The highest BCUT2D eigenvalue weighted by Crippen LogP contribution is 2.49. The lowest BCUT2D eigenvalue weighted by molar-refractivity contribution is -0.153. The Bertz CT molecular complexity index is 444. The highest BCUT2D eigenvalue weighted by molar-refractivity contribution is 5.72. The van der Waals surface area contributed by atoms with Crippen LogP contribution in [0.3, 0.4) is 0 Å². The van der Waals surface area contributed by atoms with E-state index in [0.717, 1.165) is 24.8 Å². The topological polar surface area (TPSA) is 46.5 Å². The molecule has 5 atom stereocenters. The van der Waals surface area contributed by atoms with Crippen LogP contribution in [0.4, 0.5) is 0 Å². The van der Waals surface area contributed by atoms with Crippen molar-refractivity contribution in [1.29, 1.82) is 0 Å². The summed E-state index contributed by atoms with van der Waals surface area (Å²) in [6.45, 7) is 12.0. The predicted molar refractivity (Wildman–Crippen MR) is 88.3 cm³/mol. The van der Waals surface area contributed by atoms with Gasteiger partial charge in [0.25, 0.3) is 0 Å². The first-order valence-corrected chi connectivity index (χ1v) is 8.72. The molecule has 1 fully saturated rings. The summed E-state index contributed by atoms with van der Waals surface area (Å²) in [5, 5.41) is 10.5. The quantitative estimate of drug-likeness (QED) is 0.634. The molecule has 0 aromatic rings. The van der Waals surface area contributed by atoms with E-state index < -0.39 is 5.60 Å². The van der Waals surface area contributed by atoms with E-state index in [1.807, 2.05) is 27.7 Å². The predicted octanol–water partition coefficient (Wildman–Crippen LogP) is 3.95. The first-order chi connectivity index (χ1) is 10.1. The summed E-state index contributed by atoms with van der Waals surface area (Å²) in [5.74, 6) is 1.62. The molecular weight excluding hydrogens is 276 g/mol. The van der Waals surface area contributed by atoms with Crippen molar-refractivity contribution in [2.45, 2.75) is 72.5 Å². The Kier molecular flexibility index (Phi) is 5.06. The van der Waals surface area contributed by atoms with E-state index in [0.29, 0.717) is 23.7 Å². The van der Waals surface area contributed by atoms with E-state index in [1.165, 1.54) is 0 Å². The molecule has 0 spiro atoms. The fraction of sp³-hybridized carbons (Fsp3) is 0.842. The molecule has 0 heterocycles. The second-order valence-electron chi connectivity index (χ2n) is 8.28. The summed E-state index contributed by atoms with van der Waals surface area (Å²) >= 11 is 0. The van der Waals surface area contributed by atoms with Gasteiger partial charge in [-0.3, -0.25) is 4.79 Å². The summed E-state index contributed by atoms with van der Waals surface area (Å²) in [7, 11) is 0. The zero-order chi connectivity index (χ0) is 16.7. The Morgan fingerprint density at radius 3 is 2.55 bits per heavy atom. The van der Waals surface area contributed by atoms with Crippen LogP contribution >= 0.6 is 0 Å². The van der Waals surface area contributed by atoms with Crippen LogP contribution in [0.1, 0.15) is 60.8 Å². The lowest BCUT2D eigenvalue weighted by atomic mass is 9.59. The van der Waals surface area contributed by atoms with Gasteiger partial charge >= 0.3 is 5.97 Å². The van der Waals surface area contributed by atoms with Gasteiger partial charge in [-0.15, -0.1) is 0 Å².